The molecule has 2 atom stereocenters. The van der Waals surface area contributed by atoms with Gasteiger partial charge in [-0.15, -0.1) is 0 Å². The van der Waals surface area contributed by atoms with E-state index in [1.54, 1.807) is 0 Å². The van der Waals surface area contributed by atoms with Crippen LogP contribution in [0.4, 0.5) is 10.5 Å². The third kappa shape index (κ3) is 3.70. The summed E-state index contributed by atoms with van der Waals surface area (Å²) in [6.07, 6.45) is 0.183. The van der Waals surface area contributed by atoms with E-state index in [1.165, 1.54) is 0 Å². The summed E-state index contributed by atoms with van der Waals surface area (Å²) in [7, 11) is 0. The Morgan fingerprint density at radius 3 is 2.21 bits per heavy atom. The number of nitrogens with one attached hydrogen (secondary N) is 1. The molecular weight excluding hydrogens is 240 g/mol. The van der Waals surface area contributed by atoms with E-state index in [2.05, 4.69) is 11.4 Å². The second-order valence-electron chi connectivity index (χ2n) is 5.47. The fourth-order valence-electron chi connectivity index (χ4n) is 2.59. The third-order valence-electron chi connectivity index (χ3n) is 3.18. The van der Waals surface area contributed by atoms with Crippen molar-refractivity contribution in [3.63, 3.8) is 0 Å². The summed E-state index contributed by atoms with van der Waals surface area (Å²) >= 11 is 0. The van der Waals surface area contributed by atoms with Crippen LogP contribution in [0.25, 0.3) is 0 Å². The van der Waals surface area contributed by atoms with Gasteiger partial charge in [-0.2, -0.15) is 0 Å². The summed E-state index contributed by atoms with van der Waals surface area (Å²) in [5, 5.41) is 2.97. The van der Waals surface area contributed by atoms with Gasteiger partial charge in [0.05, 0.1) is 12.2 Å². The lowest BCUT2D eigenvalue weighted by Gasteiger charge is -2.35. The fraction of sp³-hybridized carbons (Fsp3) is 0.533. The molecule has 0 bridgehead atoms. The zero-order valence-electron chi connectivity index (χ0n) is 12.1. The van der Waals surface area contributed by atoms with Gasteiger partial charge in [-0.3, -0.25) is 0 Å². The minimum absolute atomic E-state index is 0.0491. The first kappa shape index (κ1) is 13.9. The Kier molecular flexibility index (Phi) is 4.10. The van der Waals surface area contributed by atoms with Gasteiger partial charge < -0.3 is 15.0 Å². The van der Waals surface area contributed by atoms with Crippen molar-refractivity contribution in [2.75, 3.05) is 18.4 Å². The van der Waals surface area contributed by atoms with Gasteiger partial charge in [0, 0.05) is 18.8 Å². The van der Waals surface area contributed by atoms with E-state index < -0.39 is 0 Å². The molecule has 1 aromatic carbocycles. The van der Waals surface area contributed by atoms with Gasteiger partial charge in [0.15, 0.2) is 0 Å². The molecule has 0 saturated carbocycles. The maximum Gasteiger partial charge on any atom is 0.322 e. The van der Waals surface area contributed by atoms with E-state index >= 15 is 0 Å². The summed E-state index contributed by atoms with van der Waals surface area (Å²) in [6, 6.07) is 6.01. The Morgan fingerprint density at radius 2 is 1.68 bits per heavy atom. The smallest absolute Gasteiger partial charge is 0.322 e. The first-order chi connectivity index (χ1) is 8.94. The van der Waals surface area contributed by atoms with E-state index in [0.29, 0.717) is 13.1 Å². The number of rotatable bonds is 1. The minimum Gasteiger partial charge on any atom is -0.372 e. The maximum absolute atomic E-state index is 12.2. The van der Waals surface area contributed by atoms with Gasteiger partial charge in [-0.1, -0.05) is 6.07 Å². The number of morpholine rings is 1. The van der Waals surface area contributed by atoms with Crippen molar-refractivity contribution >= 4 is 11.7 Å². The average Bonchev–Trinajstić information content (AvgIpc) is 2.25. The van der Waals surface area contributed by atoms with E-state index in [9.17, 15) is 4.79 Å². The van der Waals surface area contributed by atoms with Gasteiger partial charge in [0.2, 0.25) is 0 Å². The van der Waals surface area contributed by atoms with Gasteiger partial charge in [0.1, 0.15) is 0 Å². The molecule has 1 aliphatic rings. The van der Waals surface area contributed by atoms with Gasteiger partial charge in [0.25, 0.3) is 0 Å². The largest absolute Gasteiger partial charge is 0.372 e. The van der Waals surface area contributed by atoms with Gasteiger partial charge in [-0.25, -0.2) is 4.79 Å². The van der Waals surface area contributed by atoms with Crippen LogP contribution < -0.4 is 5.32 Å². The Morgan fingerprint density at radius 1 is 1.16 bits per heavy atom. The molecule has 1 fully saturated rings. The topological polar surface area (TPSA) is 41.6 Å². The molecule has 1 N–H and O–H groups in total. The number of nitrogens with zero attached hydrogens (tertiary/aromatic N) is 1. The molecule has 4 heteroatoms. The number of amides is 2. The van der Waals surface area contributed by atoms with Gasteiger partial charge in [-0.05, 0) is 51.0 Å². The van der Waals surface area contributed by atoms with Crippen LogP contribution in [0.15, 0.2) is 18.2 Å². The predicted octanol–water partition coefficient (Wildman–Crippen LogP) is 2.94. The standard InChI is InChI=1S/C15H22N2O2/c1-10-5-11(2)7-14(6-10)16-15(18)17-8-12(3)19-13(4)9-17/h5-7,12-13H,8-9H2,1-4H3,(H,16,18). The molecular formula is C15H22N2O2. The molecule has 0 radical (unpaired) electrons. The number of urea groups is 1. The number of benzene rings is 1. The molecule has 0 aromatic heterocycles. The number of carbonyl (C=O) groups excluding carboxylic acids is 1. The quantitative estimate of drug-likeness (QED) is 0.845. The SMILES string of the molecule is Cc1cc(C)cc(NC(=O)N2CC(C)OC(C)C2)c1. The van der Waals surface area contributed by atoms with Crippen molar-refractivity contribution in [3.8, 4) is 0 Å². The highest BCUT2D eigenvalue weighted by Gasteiger charge is 2.25. The van der Waals surface area contributed by atoms with Crippen molar-refractivity contribution in [1.29, 1.82) is 0 Å². The number of hydrogen-bond acceptors (Lipinski definition) is 2. The Labute approximate surface area is 114 Å². The average molecular weight is 262 g/mol. The molecule has 4 nitrogen and oxygen atoms in total. The van der Waals surface area contributed by atoms with E-state index in [-0.39, 0.29) is 18.2 Å². The lowest BCUT2D eigenvalue weighted by atomic mass is 10.1. The molecule has 1 aromatic rings. The van der Waals surface area contributed by atoms with Crippen molar-refractivity contribution in [3.05, 3.63) is 29.3 Å². The first-order valence-corrected chi connectivity index (χ1v) is 6.73. The number of aryl methyl sites for hydroxylation is 2. The number of hydrogen-bond donors (Lipinski definition) is 1. The second-order valence-corrected chi connectivity index (χ2v) is 5.47. The lowest BCUT2D eigenvalue weighted by Crippen LogP contribution is -2.49. The summed E-state index contributed by atoms with van der Waals surface area (Å²) in [6.45, 7) is 9.32. The fourth-order valence-corrected chi connectivity index (χ4v) is 2.59. The van der Waals surface area contributed by atoms with Crippen LogP contribution in [0.2, 0.25) is 0 Å². The van der Waals surface area contributed by atoms with Crippen LogP contribution >= 0.6 is 0 Å². The minimum atomic E-state index is -0.0491. The Hall–Kier alpha value is -1.55. The van der Waals surface area contributed by atoms with Crippen LogP contribution in [0.5, 0.6) is 0 Å². The molecule has 19 heavy (non-hydrogen) atoms. The highest BCUT2D eigenvalue weighted by Crippen LogP contribution is 2.16. The summed E-state index contributed by atoms with van der Waals surface area (Å²) in [5.41, 5.74) is 3.16. The normalized spacial score (nSPS) is 23.3. The summed E-state index contributed by atoms with van der Waals surface area (Å²) < 4.78 is 5.63. The summed E-state index contributed by atoms with van der Waals surface area (Å²) in [4.78, 5) is 14.1. The van der Waals surface area contributed by atoms with Crippen molar-refractivity contribution in [1.82, 2.24) is 4.90 Å². The zero-order valence-corrected chi connectivity index (χ0v) is 12.1. The Bertz CT molecular complexity index is 443. The highest BCUT2D eigenvalue weighted by atomic mass is 16.5. The molecule has 1 heterocycles. The number of carbonyl (C=O) groups is 1. The number of ether oxygens (including phenoxy) is 1. The van der Waals surface area contributed by atoms with E-state index in [4.69, 9.17) is 4.74 Å². The molecule has 1 aliphatic heterocycles. The van der Waals surface area contributed by atoms with Crippen LogP contribution in [-0.2, 0) is 4.74 Å². The van der Waals surface area contributed by atoms with Crippen molar-refractivity contribution in [2.45, 2.75) is 39.9 Å². The second kappa shape index (κ2) is 5.61. The molecule has 104 valence electrons. The monoisotopic (exact) mass is 262 g/mol. The predicted molar refractivity (Wildman–Crippen MR) is 76.5 cm³/mol. The molecule has 2 unspecified atom stereocenters. The maximum atomic E-state index is 12.2. The van der Waals surface area contributed by atoms with Crippen molar-refractivity contribution in [2.24, 2.45) is 0 Å². The lowest BCUT2D eigenvalue weighted by molar-refractivity contribution is -0.0530. The van der Waals surface area contributed by atoms with E-state index in [1.807, 2.05) is 44.7 Å². The molecule has 0 spiro atoms. The summed E-state index contributed by atoms with van der Waals surface area (Å²) in [5.74, 6) is 0. The highest BCUT2D eigenvalue weighted by molar-refractivity contribution is 5.89. The van der Waals surface area contributed by atoms with Crippen LogP contribution in [-0.4, -0.2) is 36.2 Å². The van der Waals surface area contributed by atoms with Crippen molar-refractivity contribution < 1.29 is 9.53 Å². The van der Waals surface area contributed by atoms with Crippen LogP contribution in [0.1, 0.15) is 25.0 Å². The molecule has 2 amide bonds. The first-order valence-electron chi connectivity index (χ1n) is 6.73. The zero-order chi connectivity index (χ0) is 14.0. The molecule has 2 rings (SSSR count). The molecule has 1 saturated heterocycles. The van der Waals surface area contributed by atoms with Gasteiger partial charge >= 0.3 is 6.03 Å². The third-order valence-corrected chi connectivity index (χ3v) is 3.18. The molecule has 0 aliphatic carbocycles. The van der Waals surface area contributed by atoms with Crippen LogP contribution in [0.3, 0.4) is 0 Å². The number of anilines is 1. The Balaban J connectivity index is 2.04. The van der Waals surface area contributed by atoms with Crippen LogP contribution in [0, 0.1) is 13.8 Å². The van der Waals surface area contributed by atoms with E-state index in [0.717, 1.165) is 16.8 Å².